The minimum Gasteiger partial charge on any atom is -0.497 e. The summed E-state index contributed by atoms with van der Waals surface area (Å²) in [7, 11) is 3.41. The number of ether oxygens (including phenoxy) is 2. The largest absolute Gasteiger partial charge is 0.497 e. The zero-order chi connectivity index (χ0) is 13.8. The average Bonchev–Trinajstić information content (AvgIpc) is 2.80. The van der Waals surface area contributed by atoms with Crippen LogP contribution < -0.4 is 14.8 Å². The first-order chi connectivity index (χ1) is 9.19. The molecule has 0 aliphatic heterocycles. The van der Waals surface area contributed by atoms with E-state index < -0.39 is 0 Å². The molecule has 1 saturated carbocycles. The molecule has 1 N–H and O–H groups in total. The summed E-state index contributed by atoms with van der Waals surface area (Å²) in [6.07, 6.45) is 2.48. The quantitative estimate of drug-likeness (QED) is 0.885. The molecule has 3 unspecified atom stereocenters. The molecule has 19 heavy (non-hydrogen) atoms. The molecule has 0 bridgehead atoms. The second-order valence-electron chi connectivity index (χ2n) is 5.35. The Morgan fingerprint density at radius 2 is 1.74 bits per heavy atom. The van der Waals surface area contributed by atoms with E-state index in [0.717, 1.165) is 18.0 Å². The van der Waals surface area contributed by atoms with Gasteiger partial charge in [0.1, 0.15) is 11.5 Å². The van der Waals surface area contributed by atoms with Crippen LogP contribution in [0.15, 0.2) is 18.2 Å². The first-order valence-corrected chi connectivity index (χ1v) is 7.16. The van der Waals surface area contributed by atoms with Crippen molar-refractivity contribution in [2.75, 3.05) is 20.8 Å². The van der Waals surface area contributed by atoms with E-state index in [0.29, 0.717) is 17.9 Å². The first-order valence-electron chi connectivity index (χ1n) is 7.16. The van der Waals surface area contributed by atoms with Crippen LogP contribution in [0.3, 0.4) is 0 Å². The molecule has 1 aromatic rings. The van der Waals surface area contributed by atoms with E-state index in [2.05, 4.69) is 31.3 Å². The van der Waals surface area contributed by atoms with Gasteiger partial charge < -0.3 is 14.8 Å². The maximum Gasteiger partial charge on any atom is 0.122 e. The number of nitrogens with one attached hydrogen (secondary N) is 1. The Morgan fingerprint density at radius 1 is 1.11 bits per heavy atom. The zero-order valence-corrected chi connectivity index (χ0v) is 12.4. The molecule has 1 fully saturated rings. The lowest BCUT2D eigenvalue weighted by atomic mass is 9.88. The molecule has 3 atom stereocenters. The van der Waals surface area contributed by atoms with Crippen molar-refractivity contribution in [3.05, 3.63) is 23.8 Å². The molecule has 1 aliphatic rings. The highest BCUT2D eigenvalue weighted by Gasteiger charge is 2.33. The molecule has 0 amide bonds. The fourth-order valence-electron chi connectivity index (χ4n) is 3.23. The van der Waals surface area contributed by atoms with Crippen LogP contribution in [0.25, 0.3) is 0 Å². The maximum atomic E-state index is 5.37. The predicted molar refractivity (Wildman–Crippen MR) is 78.1 cm³/mol. The van der Waals surface area contributed by atoms with Gasteiger partial charge in [-0.15, -0.1) is 0 Å². The third kappa shape index (κ3) is 3.03. The van der Waals surface area contributed by atoms with Gasteiger partial charge in [-0.1, -0.05) is 13.8 Å². The van der Waals surface area contributed by atoms with E-state index in [-0.39, 0.29) is 0 Å². The fourth-order valence-corrected chi connectivity index (χ4v) is 3.23. The lowest BCUT2D eigenvalue weighted by Crippen LogP contribution is -2.32. The molecule has 0 aromatic heterocycles. The Morgan fingerprint density at radius 3 is 2.26 bits per heavy atom. The molecular weight excluding hydrogens is 238 g/mol. The van der Waals surface area contributed by atoms with Crippen LogP contribution >= 0.6 is 0 Å². The van der Waals surface area contributed by atoms with Crippen molar-refractivity contribution in [1.82, 2.24) is 5.32 Å². The molecule has 0 radical (unpaired) electrons. The van der Waals surface area contributed by atoms with Crippen molar-refractivity contribution >= 4 is 0 Å². The van der Waals surface area contributed by atoms with E-state index in [4.69, 9.17) is 9.47 Å². The normalized spacial score (nSPS) is 26.4. The number of methoxy groups -OCH3 is 2. The third-order valence-corrected chi connectivity index (χ3v) is 4.33. The predicted octanol–water partition coefficient (Wildman–Crippen LogP) is 3.20. The van der Waals surface area contributed by atoms with Crippen LogP contribution in [-0.4, -0.2) is 26.8 Å². The van der Waals surface area contributed by atoms with Gasteiger partial charge in [-0.3, -0.25) is 0 Å². The Kier molecular flexibility index (Phi) is 4.70. The molecule has 1 aromatic carbocycles. The highest BCUT2D eigenvalue weighted by molar-refractivity contribution is 5.40. The number of hydrogen-bond donors (Lipinski definition) is 1. The van der Waals surface area contributed by atoms with Crippen LogP contribution in [0.2, 0.25) is 0 Å². The summed E-state index contributed by atoms with van der Waals surface area (Å²) in [5.41, 5.74) is 1.34. The molecule has 2 rings (SSSR count). The number of rotatable bonds is 5. The average molecular weight is 263 g/mol. The molecule has 3 nitrogen and oxygen atoms in total. The van der Waals surface area contributed by atoms with Gasteiger partial charge in [0.05, 0.1) is 14.2 Å². The van der Waals surface area contributed by atoms with Crippen LogP contribution in [0, 0.1) is 5.92 Å². The Hall–Kier alpha value is -1.22. The molecular formula is C16H25NO2. The van der Waals surface area contributed by atoms with Gasteiger partial charge in [0.15, 0.2) is 0 Å². The molecule has 1 aliphatic carbocycles. The van der Waals surface area contributed by atoms with E-state index in [9.17, 15) is 0 Å². The number of benzene rings is 1. The second kappa shape index (κ2) is 6.29. The van der Waals surface area contributed by atoms with Crippen molar-refractivity contribution in [3.63, 3.8) is 0 Å². The standard InChI is InChI=1S/C16H25NO2/c1-5-17-16-7-6-15(11(16)2)12-8-13(18-3)10-14(9-12)19-4/h8-11,15-17H,5-7H2,1-4H3. The van der Waals surface area contributed by atoms with Crippen molar-refractivity contribution in [3.8, 4) is 11.5 Å². The molecule has 0 heterocycles. The van der Waals surface area contributed by atoms with Gasteiger partial charge in [-0.25, -0.2) is 0 Å². The number of hydrogen-bond acceptors (Lipinski definition) is 3. The monoisotopic (exact) mass is 263 g/mol. The lowest BCUT2D eigenvalue weighted by Gasteiger charge is -2.22. The fraction of sp³-hybridized carbons (Fsp3) is 0.625. The van der Waals surface area contributed by atoms with Crippen LogP contribution in [0.1, 0.15) is 38.2 Å². The van der Waals surface area contributed by atoms with Crippen LogP contribution in [-0.2, 0) is 0 Å². The van der Waals surface area contributed by atoms with Crippen molar-refractivity contribution in [2.24, 2.45) is 5.92 Å². The minimum absolute atomic E-state index is 0.591. The van der Waals surface area contributed by atoms with Crippen LogP contribution in [0.5, 0.6) is 11.5 Å². The highest BCUT2D eigenvalue weighted by atomic mass is 16.5. The van der Waals surface area contributed by atoms with Crippen molar-refractivity contribution in [1.29, 1.82) is 0 Å². The van der Waals surface area contributed by atoms with Crippen LogP contribution in [0.4, 0.5) is 0 Å². The van der Waals surface area contributed by atoms with E-state index in [1.165, 1.54) is 18.4 Å². The summed E-state index contributed by atoms with van der Waals surface area (Å²) in [6, 6.07) is 6.87. The SMILES string of the molecule is CCNC1CCC(c2cc(OC)cc(OC)c2)C1C. The van der Waals surface area contributed by atoms with Crippen molar-refractivity contribution < 1.29 is 9.47 Å². The van der Waals surface area contributed by atoms with Gasteiger partial charge >= 0.3 is 0 Å². The first kappa shape index (κ1) is 14.2. The Labute approximate surface area is 116 Å². The lowest BCUT2D eigenvalue weighted by molar-refractivity contribution is 0.387. The van der Waals surface area contributed by atoms with Gasteiger partial charge in [0.25, 0.3) is 0 Å². The summed E-state index contributed by atoms with van der Waals surface area (Å²) in [5.74, 6) is 3.01. The van der Waals surface area contributed by atoms with Gasteiger partial charge in [0.2, 0.25) is 0 Å². The third-order valence-electron chi connectivity index (χ3n) is 4.33. The summed E-state index contributed by atoms with van der Waals surface area (Å²) in [5, 5.41) is 3.59. The van der Waals surface area contributed by atoms with Gasteiger partial charge in [-0.2, -0.15) is 0 Å². The van der Waals surface area contributed by atoms with Crippen molar-refractivity contribution in [2.45, 2.75) is 38.6 Å². The van der Waals surface area contributed by atoms with Gasteiger partial charge in [-0.05, 0) is 48.9 Å². The summed E-state index contributed by atoms with van der Waals surface area (Å²) in [6.45, 7) is 5.56. The molecule has 106 valence electrons. The zero-order valence-electron chi connectivity index (χ0n) is 12.4. The smallest absolute Gasteiger partial charge is 0.122 e. The van der Waals surface area contributed by atoms with E-state index in [1.54, 1.807) is 14.2 Å². The Bertz CT molecular complexity index is 397. The van der Waals surface area contributed by atoms with Gasteiger partial charge in [0, 0.05) is 12.1 Å². The summed E-state index contributed by atoms with van der Waals surface area (Å²) < 4.78 is 10.7. The Balaban J connectivity index is 2.22. The molecule has 0 saturated heterocycles. The topological polar surface area (TPSA) is 30.5 Å². The second-order valence-corrected chi connectivity index (χ2v) is 5.35. The summed E-state index contributed by atoms with van der Waals surface area (Å²) >= 11 is 0. The maximum absolute atomic E-state index is 5.37. The van der Waals surface area contributed by atoms with E-state index in [1.807, 2.05) is 6.07 Å². The highest BCUT2D eigenvalue weighted by Crippen LogP contribution is 2.41. The minimum atomic E-state index is 0.591. The summed E-state index contributed by atoms with van der Waals surface area (Å²) in [4.78, 5) is 0. The molecule has 0 spiro atoms. The molecule has 3 heteroatoms. The van der Waals surface area contributed by atoms with E-state index >= 15 is 0 Å².